The van der Waals surface area contributed by atoms with Crippen molar-refractivity contribution in [1.29, 1.82) is 0 Å². The zero-order chi connectivity index (χ0) is 25.5. The lowest BCUT2D eigenvalue weighted by molar-refractivity contribution is 0.0287. The highest BCUT2D eigenvalue weighted by atomic mass is 127. The lowest BCUT2D eigenvalue weighted by Gasteiger charge is -2.49. The van der Waals surface area contributed by atoms with E-state index in [0.29, 0.717) is 18.7 Å². The predicted octanol–water partition coefficient (Wildman–Crippen LogP) is 4.96. The number of carbonyl (C=O) groups is 1. The molecule has 0 saturated carbocycles. The van der Waals surface area contributed by atoms with Gasteiger partial charge in [-0.05, 0) is 56.2 Å². The van der Waals surface area contributed by atoms with Crippen LogP contribution in [0.2, 0.25) is 0 Å². The standard InChI is InChI=1S/C29H36IN3O2/c1-6-17-32-19-21(5)33(20-27(32)26(30)7-2)28(24-11-10-12-25(34)18-24)22-13-15-23(16-14-22)29(35)31(8-3)9-4/h2,6,10-16,18,21,26-28,34H,1,8-9,17,19-20H2,3-5H3/t21-,26?,27+,28?/m1/s1. The van der Waals surface area contributed by atoms with Crippen LogP contribution in [0.1, 0.15) is 48.3 Å². The van der Waals surface area contributed by atoms with Gasteiger partial charge in [-0.15, -0.1) is 13.0 Å². The second-order valence-electron chi connectivity index (χ2n) is 9.02. The van der Waals surface area contributed by atoms with Crippen molar-refractivity contribution in [2.24, 2.45) is 0 Å². The zero-order valence-electron chi connectivity index (χ0n) is 20.9. The quantitative estimate of drug-likeness (QED) is 0.196. The number of aromatic hydroxyl groups is 1. The van der Waals surface area contributed by atoms with Crippen molar-refractivity contribution in [2.75, 3.05) is 32.7 Å². The average Bonchev–Trinajstić information content (AvgIpc) is 2.86. The second kappa shape index (κ2) is 12.6. The summed E-state index contributed by atoms with van der Waals surface area (Å²) in [5.41, 5.74) is 2.79. The van der Waals surface area contributed by atoms with Gasteiger partial charge in [0.25, 0.3) is 5.91 Å². The Morgan fingerprint density at radius 2 is 1.91 bits per heavy atom. The Labute approximate surface area is 223 Å². The average molecular weight is 586 g/mol. The van der Waals surface area contributed by atoms with Gasteiger partial charge in [0.05, 0.1) is 9.97 Å². The summed E-state index contributed by atoms with van der Waals surface area (Å²) < 4.78 is 0.0569. The van der Waals surface area contributed by atoms with E-state index < -0.39 is 0 Å². The molecule has 1 aliphatic heterocycles. The molecule has 1 saturated heterocycles. The van der Waals surface area contributed by atoms with Gasteiger partial charge >= 0.3 is 0 Å². The minimum absolute atomic E-state index is 0.0451. The van der Waals surface area contributed by atoms with Crippen LogP contribution in [-0.4, -0.2) is 74.4 Å². The van der Waals surface area contributed by atoms with E-state index in [1.54, 1.807) is 6.07 Å². The van der Waals surface area contributed by atoms with Gasteiger partial charge in [0.2, 0.25) is 0 Å². The van der Waals surface area contributed by atoms with Crippen molar-refractivity contribution in [3.05, 3.63) is 77.9 Å². The second-order valence-corrected chi connectivity index (χ2v) is 10.4. The molecule has 186 valence electrons. The maximum Gasteiger partial charge on any atom is 0.253 e. The first-order chi connectivity index (χ1) is 16.8. The monoisotopic (exact) mass is 585 g/mol. The van der Waals surface area contributed by atoms with Crippen LogP contribution < -0.4 is 0 Å². The molecule has 2 aromatic rings. The van der Waals surface area contributed by atoms with Gasteiger partial charge in [0, 0.05) is 50.4 Å². The summed E-state index contributed by atoms with van der Waals surface area (Å²) in [4.78, 5) is 19.6. The summed E-state index contributed by atoms with van der Waals surface area (Å²) in [6.45, 7) is 14.0. The number of terminal acetylenes is 1. The summed E-state index contributed by atoms with van der Waals surface area (Å²) in [7, 11) is 0. The molecule has 5 nitrogen and oxygen atoms in total. The van der Waals surface area contributed by atoms with Crippen LogP contribution in [0.3, 0.4) is 0 Å². The number of rotatable bonds is 9. The topological polar surface area (TPSA) is 47.0 Å². The predicted molar refractivity (Wildman–Crippen MR) is 152 cm³/mol. The summed E-state index contributed by atoms with van der Waals surface area (Å²) in [6, 6.07) is 15.8. The van der Waals surface area contributed by atoms with E-state index in [1.807, 2.05) is 61.2 Å². The Balaban J connectivity index is 2.02. The highest BCUT2D eigenvalue weighted by molar-refractivity contribution is 14.1. The number of hydrogen-bond acceptors (Lipinski definition) is 4. The molecular weight excluding hydrogens is 549 g/mol. The Morgan fingerprint density at radius 3 is 2.49 bits per heavy atom. The van der Waals surface area contributed by atoms with Gasteiger partial charge in [-0.3, -0.25) is 14.6 Å². The van der Waals surface area contributed by atoms with E-state index in [-0.39, 0.29) is 33.7 Å². The van der Waals surface area contributed by atoms with E-state index in [1.165, 1.54) is 0 Å². The van der Waals surface area contributed by atoms with Crippen LogP contribution in [0, 0.1) is 12.3 Å². The molecule has 6 heteroatoms. The van der Waals surface area contributed by atoms with E-state index in [2.05, 4.69) is 57.9 Å². The van der Waals surface area contributed by atoms with Crippen molar-refractivity contribution in [3.8, 4) is 18.1 Å². The first-order valence-electron chi connectivity index (χ1n) is 12.2. The van der Waals surface area contributed by atoms with E-state index in [0.717, 1.165) is 30.8 Å². The maximum absolute atomic E-state index is 12.9. The molecule has 35 heavy (non-hydrogen) atoms. The van der Waals surface area contributed by atoms with Crippen LogP contribution in [0.5, 0.6) is 5.75 Å². The zero-order valence-corrected chi connectivity index (χ0v) is 23.1. The first kappa shape index (κ1) is 27.3. The van der Waals surface area contributed by atoms with Gasteiger partial charge < -0.3 is 10.0 Å². The Morgan fingerprint density at radius 1 is 1.23 bits per heavy atom. The fraction of sp³-hybridized carbons (Fsp3) is 0.414. The van der Waals surface area contributed by atoms with Gasteiger partial charge in [-0.1, -0.05) is 58.9 Å². The number of phenols is 1. The summed E-state index contributed by atoms with van der Waals surface area (Å²) in [5, 5.41) is 10.3. The third-order valence-corrected chi connectivity index (χ3v) is 8.02. The van der Waals surface area contributed by atoms with Crippen molar-refractivity contribution in [1.82, 2.24) is 14.7 Å². The third kappa shape index (κ3) is 6.27. The third-order valence-electron chi connectivity index (χ3n) is 6.83. The summed E-state index contributed by atoms with van der Waals surface area (Å²) in [6.07, 6.45) is 7.79. The molecule has 0 bridgehead atoms. The number of alkyl halides is 1. The number of amides is 1. The van der Waals surface area contributed by atoms with E-state index in [9.17, 15) is 9.90 Å². The molecule has 1 N–H and O–H groups in total. The largest absolute Gasteiger partial charge is 0.508 e. The molecule has 1 heterocycles. The Hall–Kier alpha value is -2.34. The minimum Gasteiger partial charge on any atom is -0.508 e. The molecular formula is C29H36IN3O2. The molecule has 0 radical (unpaired) electrons. The highest BCUT2D eigenvalue weighted by Crippen LogP contribution is 2.36. The molecule has 3 rings (SSSR count). The molecule has 2 unspecified atom stereocenters. The van der Waals surface area contributed by atoms with Crippen LogP contribution in [0.4, 0.5) is 0 Å². The molecule has 1 amide bonds. The molecule has 0 aliphatic carbocycles. The molecule has 0 aromatic heterocycles. The van der Waals surface area contributed by atoms with Crippen molar-refractivity contribution >= 4 is 28.5 Å². The van der Waals surface area contributed by atoms with Gasteiger partial charge in [0.15, 0.2) is 0 Å². The summed E-state index contributed by atoms with van der Waals surface area (Å²) in [5.74, 6) is 3.22. The fourth-order valence-corrected chi connectivity index (χ4v) is 5.67. The number of hydrogen-bond donors (Lipinski definition) is 1. The van der Waals surface area contributed by atoms with Gasteiger partial charge in [-0.25, -0.2) is 0 Å². The van der Waals surface area contributed by atoms with Crippen LogP contribution in [0.25, 0.3) is 0 Å². The SMILES string of the molecule is C#CC(I)[C@@H]1CN(C(c2ccc(C(=O)N(CC)CC)cc2)c2cccc(O)c2)[C@H](C)CN1CC=C. The lowest BCUT2D eigenvalue weighted by Crippen LogP contribution is -2.60. The molecule has 1 aliphatic rings. The summed E-state index contributed by atoms with van der Waals surface area (Å²) >= 11 is 2.36. The van der Waals surface area contributed by atoms with E-state index in [4.69, 9.17) is 6.42 Å². The van der Waals surface area contributed by atoms with Crippen molar-refractivity contribution in [2.45, 2.75) is 42.8 Å². The molecule has 4 atom stereocenters. The van der Waals surface area contributed by atoms with Crippen LogP contribution in [0.15, 0.2) is 61.2 Å². The van der Waals surface area contributed by atoms with Crippen molar-refractivity contribution < 1.29 is 9.90 Å². The number of piperazine rings is 1. The number of halogens is 1. The van der Waals surface area contributed by atoms with Gasteiger partial charge in [0.1, 0.15) is 5.75 Å². The van der Waals surface area contributed by atoms with Crippen LogP contribution >= 0.6 is 22.6 Å². The number of nitrogens with zero attached hydrogens (tertiary/aromatic N) is 3. The molecule has 0 spiro atoms. The number of benzene rings is 2. The maximum atomic E-state index is 12.9. The first-order valence-corrected chi connectivity index (χ1v) is 13.5. The highest BCUT2D eigenvalue weighted by Gasteiger charge is 2.38. The normalized spacial score (nSPS) is 20.5. The molecule has 2 aromatic carbocycles. The number of carbonyl (C=O) groups excluding carboxylic acids is 1. The lowest BCUT2D eigenvalue weighted by atomic mass is 9.92. The van der Waals surface area contributed by atoms with Crippen LogP contribution in [-0.2, 0) is 0 Å². The minimum atomic E-state index is -0.0792. The molecule has 1 fully saturated rings. The Kier molecular flexibility index (Phi) is 9.79. The van der Waals surface area contributed by atoms with E-state index >= 15 is 0 Å². The van der Waals surface area contributed by atoms with Gasteiger partial charge in [-0.2, -0.15) is 0 Å². The fourth-order valence-electron chi connectivity index (χ4n) is 4.99. The van der Waals surface area contributed by atoms with Crippen molar-refractivity contribution in [3.63, 3.8) is 0 Å². The Bertz CT molecular complexity index is 1040. The smallest absolute Gasteiger partial charge is 0.253 e. The number of phenolic OH excluding ortho intramolecular Hbond substituents is 1.